The average molecular weight is 540 g/mol. The SMILES string of the molecule is C[C@H](NC(=O)[C@@H]1CCC[C@H](c2ccccc2)C1)C(=O)CCc1ccc(C(N)=NC(=O)OCc2ccccc2)cc1. The Hall–Kier alpha value is -4.26. The summed E-state index contributed by atoms with van der Waals surface area (Å²) in [5.74, 6) is 0.357. The number of ketones is 1. The third-order valence-corrected chi connectivity index (χ3v) is 7.48. The molecule has 1 aliphatic rings. The van der Waals surface area contributed by atoms with Gasteiger partial charge in [-0.05, 0) is 55.2 Å². The number of amidine groups is 1. The van der Waals surface area contributed by atoms with E-state index in [0.29, 0.717) is 24.3 Å². The molecule has 0 aliphatic heterocycles. The second-order valence-electron chi connectivity index (χ2n) is 10.4. The summed E-state index contributed by atoms with van der Waals surface area (Å²) < 4.78 is 5.15. The highest BCUT2D eigenvalue weighted by Gasteiger charge is 2.29. The number of aryl methyl sites for hydroxylation is 1. The van der Waals surface area contributed by atoms with E-state index in [1.54, 1.807) is 19.1 Å². The van der Waals surface area contributed by atoms with Crippen molar-refractivity contribution in [2.24, 2.45) is 16.6 Å². The van der Waals surface area contributed by atoms with Crippen LogP contribution < -0.4 is 11.1 Å². The van der Waals surface area contributed by atoms with Crippen LogP contribution in [0.15, 0.2) is 89.9 Å². The quantitative estimate of drug-likeness (QED) is 0.253. The van der Waals surface area contributed by atoms with E-state index in [2.05, 4.69) is 22.4 Å². The molecule has 0 aromatic heterocycles. The predicted octanol–water partition coefficient (Wildman–Crippen LogP) is 5.71. The van der Waals surface area contributed by atoms with Gasteiger partial charge in [-0.25, -0.2) is 4.79 Å². The van der Waals surface area contributed by atoms with Gasteiger partial charge in [-0.1, -0.05) is 91.3 Å². The summed E-state index contributed by atoms with van der Waals surface area (Å²) in [7, 11) is 0. The lowest BCUT2D eigenvalue weighted by atomic mass is 9.77. The smallest absolute Gasteiger partial charge is 0.435 e. The van der Waals surface area contributed by atoms with Crippen LogP contribution in [-0.4, -0.2) is 29.7 Å². The van der Waals surface area contributed by atoms with Crippen molar-refractivity contribution in [3.8, 4) is 0 Å². The van der Waals surface area contributed by atoms with Crippen molar-refractivity contribution in [1.82, 2.24) is 5.32 Å². The molecule has 1 aliphatic carbocycles. The summed E-state index contributed by atoms with van der Waals surface area (Å²) in [5.41, 5.74) is 9.67. The van der Waals surface area contributed by atoms with Crippen LogP contribution in [-0.2, 0) is 27.4 Å². The number of benzene rings is 3. The van der Waals surface area contributed by atoms with Crippen LogP contribution in [0.2, 0.25) is 0 Å². The molecule has 4 rings (SSSR count). The standard InChI is InChI=1S/C33H37N3O4/c1-23(35-32(38)29-14-8-13-28(21-29)26-11-6-3-7-12-26)30(37)20-17-24-15-18-27(19-16-24)31(34)36-33(39)40-22-25-9-4-2-5-10-25/h2-7,9-12,15-16,18-19,23,28-29H,8,13-14,17,20-22H2,1H3,(H,35,38)(H2,34,36,39)/t23-,28-,29+/m0/s1. The molecule has 7 heteroatoms. The number of carbonyl (C=O) groups excluding carboxylic acids is 3. The van der Waals surface area contributed by atoms with Crippen LogP contribution in [0.5, 0.6) is 0 Å². The fourth-order valence-corrected chi connectivity index (χ4v) is 5.11. The van der Waals surface area contributed by atoms with Crippen LogP contribution >= 0.6 is 0 Å². The Kier molecular flexibility index (Phi) is 10.2. The first-order valence-corrected chi connectivity index (χ1v) is 13.9. The van der Waals surface area contributed by atoms with E-state index < -0.39 is 12.1 Å². The number of Topliss-reactive ketones (excluding diaryl/α,β-unsaturated/α-hetero) is 1. The first-order chi connectivity index (χ1) is 19.4. The Morgan fingerprint density at radius 3 is 2.30 bits per heavy atom. The van der Waals surface area contributed by atoms with Crippen molar-refractivity contribution < 1.29 is 19.1 Å². The minimum absolute atomic E-state index is 0.00455. The number of carbonyl (C=O) groups is 3. The summed E-state index contributed by atoms with van der Waals surface area (Å²) in [6.45, 7) is 1.88. The maximum Gasteiger partial charge on any atom is 0.435 e. The zero-order valence-electron chi connectivity index (χ0n) is 22.9. The van der Waals surface area contributed by atoms with Crippen LogP contribution in [0.3, 0.4) is 0 Å². The van der Waals surface area contributed by atoms with Crippen LogP contribution in [0.25, 0.3) is 0 Å². The minimum atomic E-state index is -0.754. The van der Waals surface area contributed by atoms with E-state index in [4.69, 9.17) is 10.5 Å². The second-order valence-corrected chi connectivity index (χ2v) is 10.4. The fourth-order valence-electron chi connectivity index (χ4n) is 5.11. The Morgan fingerprint density at radius 2 is 1.60 bits per heavy atom. The number of nitrogens with one attached hydrogen (secondary N) is 1. The summed E-state index contributed by atoms with van der Waals surface area (Å²) in [6, 6.07) is 26.4. The number of rotatable bonds is 10. The molecule has 0 saturated heterocycles. The van der Waals surface area contributed by atoms with Crippen LogP contribution in [0.1, 0.15) is 67.2 Å². The zero-order chi connectivity index (χ0) is 28.3. The van der Waals surface area contributed by atoms with E-state index in [1.807, 2.05) is 60.7 Å². The highest BCUT2D eigenvalue weighted by atomic mass is 16.5. The fraction of sp³-hybridized carbons (Fsp3) is 0.333. The average Bonchev–Trinajstić information content (AvgIpc) is 3.00. The molecule has 7 nitrogen and oxygen atoms in total. The maximum absolute atomic E-state index is 12.9. The van der Waals surface area contributed by atoms with Gasteiger partial charge in [0.1, 0.15) is 12.4 Å². The zero-order valence-corrected chi connectivity index (χ0v) is 22.9. The predicted molar refractivity (Wildman–Crippen MR) is 156 cm³/mol. The largest absolute Gasteiger partial charge is 0.443 e. The van der Waals surface area contributed by atoms with E-state index in [-0.39, 0.29) is 30.1 Å². The number of amides is 2. The van der Waals surface area contributed by atoms with Gasteiger partial charge < -0.3 is 15.8 Å². The molecule has 3 aromatic rings. The minimum Gasteiger partial charge on any atom is -0.443 e. The highest BCUT2D eigenvalue weighted by Crippen LogP contribution is 2.36. The van der Waals surface area contributed by atoms with Gasteiger partial charge in [-0.2, -0.15) is 4.99 Å². The first-order valence-electron chi connectivity index (χ1n) is 13.9. The van der Waals surface area contributed by atoms with Gasteiger partial charge in [-0.15, -0.1) is 0 Å². The van der Waals surface area contributed by atoms with Gasteiger partial charge in [0.25, 0.3) is 0 Å². The third kappa shape index (κ3) is 8.37. The maximum atomic E-state index is 12.9. The molecule has 3 N–H and O–H groups in total. The Bertz CT molecular complexity index is 1310. The summed E-state index contributed by atoms with van der Waals surface area (Å²) in [4.78, 5) is 41.5. The summed E-state index contributed by atoms with van der Waals surface area (Å²) in [6.07, 6.45) is 3.88. The van der Waals surface area contributed by atoms with Gasteiger partial charge in [-0.3, -0.25) is 9.59 Å². The molecule has 3 aromatic carbocycles. The molecular weight excluding hydrogens is 502 g/mol. The third-order valence-electron chi connectivity index (χ3n) is 7.48. The molecule has 0 heterocycles. The van der Waals surface area contributed by atoms with Crippen molar-refractivity contribution in [1.29, 1.82) is 0 Å². The molecule has 0 unspecified atom stereocenters. The Morgan fingerprint density at radius 1 is 0.925 bits per heavy atom. The second kappa shape index (κ2) is 14.2. The van der Waals surface area contributed by atoms with Crippen molar-refractivity contribution in [2.75, 3.05) is 0 Å². The lowest BCUT2D eigenvalue weighted by Crippen LogP contribution is -2.42. The lowest BCUT2D eigenvalue weighted by molar-refractivity contribution is -0.130. The number of hydrogen-bond acceptors (Lipinski definition) is 4. The first kappa shape index (κ1) is 28.7. The Balaban J connectivity index is 1.21. The topological polar surface area (TPSA) is 111 Å². The van der Waals surface area contributed by atoms with Crippen molar-refractivity contribution in [2.45, 2.75) is 64.0 Å². The van der Waals surface area contributed by atoms with E-state index in [1.165, 1.54) is 5.56 Å². The number of ether oxygens (including phenoxy) is 1. The molecule has 1 fully saturated rings. The Labute approximate surface area is 235 Å². The molecule has 40 heavy (non-hydrogen) atoms. The van der Waals surface area contributed by atoms with Crippen LogP contribution in [0, 0.1) is 5.92 Å². The van der Waals surface area contributed by atoms with Gasteiger partial charge >= 0.3 is 6.09 Å². The monoisotopic (exact) mass is 539 g/mol. The molecule has 0 bridgehead atoms. The van der Waals surface area contributed by atoms with Crippen LogP contribution in [0.4, 0.5) is 4.79 Å². The lowest BCUT2D eigenvalue weighted by Gasteiger charge is -2.29. The number of hydrogen-bond donors (Lipinski definition) is 2. The van der Waals surface area contributed by atoms with Crippen molar-refractivity contribution in [3.63, 3.8) is 0 Å². The number of aliphatic imine (C=N–C) groups is 1. The molecule has 1 saturated carbocycles. The number of nitrogens with zero attached hydrogens (tertiary/aromatic N) is 1. The van der Waals surface area contributed by atoms with E-state index in [0.717, 1.165) is 36.8 Å². The summed E-state index contributed by atoms with van der Waals surface area (Å²) >= 11 is 0. The normalized spacial score (nSPS) is 18.0. The van der Waals surface area contributed by atoms with Crippen molar-refractivity contribution in [3.05, 3.63) is 107 Å². The molecule has 3 atom stereocenters. The molecule has 208 valence electrons. The summed E-state index contributed by atoms with van der Waals surface area (Å²) in [5, 5.41) is 2.96. The van der Waals surface area contributed by atoms with Gasteiger partial charge in [0.15, 0.2) is 5.78 Å². The highest BCUT2D eigenvalue weighted by molar-refractivity contribution is 6.02. The number of nitrogens with two attached hydrogens (primary N) is 1. The van der Waals surface area contributed by atoms with E-state index in [9.17, 15) is 14.4 Å². The molecular formula is C33H37N3O4. The molecule has 0 spiro atoms. The van der Waals surface area contributed by atoms with Gasteiger partial charge in [0, 0.05) is 17.9 Å². The molecule has 0 radical (unpaired) electrons. The van der Waals surface area contributed by atoms with Gasteiger partial charge in [0.05, 0.1) is 6.04 Å². The molecule has 2 amide bonds. The van der Waals surface area contributed by atoms with E-state index >= 15 is 0 Å². The van der Waals surface area contributed by atoms with Gasteiger partial charge in [0.2, 0.25) is 5.91 Å². The van der Waals surface area contributed by atoms with Crippen molar-refractivity contribution >= 4 is 23.6 Å².